The fourth-order valence-corrected chi connectivity index (χ4v) is 1.62. The van der Waals surface area contributed by atoms with Gasteiger partial charge in [0.05, 0.1) is 24.4 Å². The van der Waals surface area contributed by atoms with Gasteiger partial charge in [-0.2, -0.15) is 0 Å². The van der Waals surface area contributed by atoms with Gasteiger partial charge in [0.1, 0.15) is 0 Å². The van der Waals surface area contributed by atoms with Crippen LogP contribution in [0.2, 0.25) is 0 Å². The average molecular weight is 228 g/mol. The summed E-state index contributed by atoms with van der Waals surface area (Å²) in [6.07, 6.45) is -0.209. The van der Waals surface area contributed by atoms with Crippen LogP contribution in [0.3, 0.4) is 0 Å². The lowest BCUT2D eigenvalue weighted by atomic mass is 10.1. The Morgan fingerprint density at radius 3 is 2.87 bits per heavy atom. The molecule has 1 N–H and O–H groups in total. The molecule has 0 spiro atoms. The maximum absolute atomic E-state index is 11.2. The third-order valence-corrected chi connectivity index (χ3v) is 2.50. The van der Waals surface area contributed by atoms with Gasteiger partial charge in [-0.25, -0.2) is 9.78 Å². The first-order valence-corrected chi connectivity index (χ1v) is 5.29. The van der Waals surface area contributed by atoms with Crippen LogP contribution in [0.15, 0.2) is 10.9 Å². The molecule has 5 nitrogen and oxygen atoms in total. The summed E-state index contributed by atoms with van der Waals surface area (Å²) in [6, 6.07) is -0.570. The number of methoxy groups -OCH3 is 1. The van der Waals surface area contributed by atoms with Gasteiger partial charge >= 0.3 is 6.09 Å². The van der Waals surface area contributed by atoms with Crippen LogP contribution in [0, 0.1) is 0 Å². The molecule has 0 unspecified atom stereocenters. The summed E-state index contributed by atoms with van der Waals surface area (Å²) in [7, 11) is 1.26. The maximum atomic E-state index is 11.2. The number of rotatable bonds is 4. The Bertz CT molecular complexity index is 337. The lowest BCUT2D eigenvalue weighted by molar-refractivity contribution is -0.118. The van der Waals surface area contributed by atoms with Crippen LogP contribution in [0.5, 0.6) is 0 Å². The second-order valence-corrected chi connectivity index (χ2v) is 3.70. The largest absolute Gasteiger partial charge is 0.453 e. The topological polar surface area (TPSA) is 68.3 Å². The highest BCUT2D eigenvalue weighted by atomic mass is 32.1. The first-order chi connectivity index (χ1) is 7.13. The highest BCUT2D eigenvalue weighted by Crippen LogP contribution is 2.05. The molecule has 0 fully saturated rings. The third-order valence-electron chi connectivity index (χ3n) is 1.86. The predicted molar refractivity (Wildman–Crippen MR) is 55.8 cm³/mol. The zero-order valence-electron chi connectivity index (χ0n) is 8.52. The number of hydrogen-bond acceptors (Lipinski definition) is 5. The number of ketones is 1. The van der Waals surface area contributed by atoms with E-state index in [2.05, 4.69) is 15.0 Å². The molecular weight excluding hydrogens is 216 g/mol. The van der Waals surface area contributed by atoms with E-state index in [1.54, 1.807) is 5.51 Å². The molecule has 1 aromatic heterocycles. The molecule has 0 aliphatic rings. The maximum Gasteiger partial charge on any atom is 0.407 e. The first kappa shape index (κ1) is 11.6. The third kappa shape index (κ3) is 3.67. The van der Waals surface area contributed by atoms with Crippen molar-refractivity contribution in [3.05, 3.63) is 16.6 Å². The van der Waals surface area contributed by atoms with Crippen LogP contribution in [0.1, 0.15) is 12.6 Å². The van der Waals surface area contributed by atoms with Crippen molar-refractivity contribution in [3.8, 4) is 0 Å². The SMILES string of the molecule is COC(=O)N[C@@H](Cc1cscn1)C(C)=O. The number of carbonyl (C=O) groups excluding carboxylic acids is 2. The minimum Gasteiger partial charge on any atom is -0.453 e. The number of amides is 1. The number of carbonyl (C=O) groups is 2. The number of alkyl carbamates (subject to hydrolysis) is 1. The summed E-state index contributed by atoms with van der Waals surface area (Å²) in [5.41, 5.74) is 2.47. The lowest BCUT2D eigenvalue weighted by Crippen LogP contribution is -2.41. The van der Waals surface area contributed by atoms with E-state index in [1.165, 1.54) is 25.4 Å². The molecule has 0 saturated heterocycles. The van der Waals surface area contributed by atoms with Crippen molar-refractivity contribution in [1.29, 1.82) is 0 Å². The number of nitrogens with one attached hydrogen (secondary N) is 1. The molecule has 1 amide bonds. The lowest BCUT2D eigenvalue weighted by Gasteiger charge is -2.13. The summed E-state index contributed by atoms with van der Waals surface area (Å²) < 4.78 is 4.43. The fraction of sp³-hybridized carbons (Fsp3) is 0.444. The van der Waals surface area contributed by atoms with E-state index in [4.69, 9.17) is 0 Å². The second kappa shape index (κ2) is 5.45. The summed E-state index contributed by atoms with van der Waals surface area (Å²) in [5, 5.41) is 4.30. The van der Waals surface area contributed by atoms with Crippen LogP contribution < -0.4 is 5.32 Å². The van der Waals surface area contributed by atoms with E-state index in [1.807, 2.05) is 5.38 Å². The van der Waals surface area contributed by atoms with Crippen LogP contribution in [0.25, 0.3) is 0 Å². The predicted octanol–water partition coefficient (Wildman–Crippen LogP) is 0.999. The molecule has 0 radical (unpaired) electrons. The van der Waals surface area contributed by atoms with E-state index >= 15 is 0 Å². The van der Waals surface area contributed by atoms with Crippen molar-refractivity contribution in [2.45, 2.75) is 19.4 Å². The summed E-state index contributed by atoms with van der Waals surface area (Å²) in [5.74, 6) is -0.117. The highest BCUT2D eigenvalue weighted by Gasteiger charge is 2.18. The normalized spacial score (nSPS) is 11.9. The van der Waals surface area contributed by atoms with Gasteiger partial charge in [-0.05, 0) is 6.92 Å². The van der Waals surface area contributed by atoms with Gasteiger partial charge in [0.2, 0.25) is 0 Å². The molecule has 1 aromatic rings. The molecule has 0 saturated carbocycles. The van der Waals surface area contributed by atoms with Gasteiger partial charge in [-0.3, -0.25) is 4.79 Å². The van der Waals surface area contributed by atoms with Crippen molar-refractivity contribution in [2.75, 3.05) is 7.11 Å². The Morgan fingerprint density at radius 1 is 1.67 bits per heavy atom. The van der Waals surface area contributed by atoms with Crippen molar-refractivity contribution < 1.29 is 14.3 Å². The van der Waals surface area contributed by atoms with Crippen LogP contribution in [-0.4, -0.2) is 30.0 Å². The first-order valence-electron chi connectivity index (χ1n) is 4.35. The monoisotopic (exact) mass is 228 g/mol. The van der Waals surface area contributed by atoms with E-state index in [0.29, 0.717) is 6.42 Å². The smallest absolute Gasteiger partial charge is 0.407 e. The highest BCUT2D eigenvalue weighted by molar-refractivity contribution is 7.07. The summed E-state index contributed by atoms with van der Waals surface area (Å²) in [6.45, 7) is 1.42. The van der Waals surface area contributed by atoms with Crippen LogP contribution in [0.4, 0.5) is 4.79 Å². The summed E-state index contributed by atoms with van der Waals surface area (Å²) in [4.78, 5) is 26.2. The van der Waals surface area contributed by atoms with Crippen LogP contribution in [-0.2, 0) is 16.0 Å². The quantitative estimate of drug-likeness (QED) is 0.834. The molecule has 1 atom stereocenters. The Hall–Kier alpha value is -1.43. The molecule has 1 rings (SSSR count). The molecule has 0 aliphatic heterocycles. The Labute approximate surface area is 91.5 Å². The minimum atomic E-state index is -0.606. The van der Waals surface area contributed by atoms with Crippen molar-refractivity contribution in [1.82, 2.24) is 10.3 Å². The average Bonchev–Trinajstić information content (AvgIpc) is 2.69. The molecule has 15 heavy (non-hydrogen) atoms. The van der Waals surface area contributed by atoms with E-state index < -0.39 is 12.1 Å². The Balaban J connectivity index is 2.59. The number of aromatic nitrogens is 1. The molecular formula is C9H12N2O3S. The Kier molecular flexibility index (Phi) is 4.23. The van der Waals surface area contributed by atoms with E-state index in [9.17, 15) is 9.59 Å². The van der Waals surface area contributed by atoms with Gasteiger partial charge in [0.15, 0.2) is 5.78 Å². The van der Waals surface area contributed by atoms with Crippen LogP contribution >= 0.6 is 11.3 Å². The van der Waals surface area contributed by atoms with Crippen molar-refractivity contribution in [2.24, 2.45) is 0 Å². The van der Waals surface area contributed by atoms with Crippen molar-refractivity contribution >= 4 is 23.2 Å². The number of thiazole rings is 1. The molecule has 1 heterocycles. The van der Waals surface area contributed by atoms with Gasteiger partial charge in [0.25, 0.3) is 0 Å². The van der Waals surface area contributed by atoms with Gasteiger partial charge in [-0.15, -0.1) is 11.3 Å². The number of hydrogen-bond donors (Lipinski definition) is 1. The molecule has 0 aliphatic carbocycles. The van der Waals surface area contributed by atoms with Gasteiger partial charge in [0, 0.05) is 11.8 Å². The molecule has 0 bridgehead atoms. The van der Waals surface area contributed by atoms with Crippen molar-refractivity contribution in [3.63, 3.8) is 0 Å². The number of Topliss-reactive ketones (excluding diaryl/α,β-unsaturated/α-hetero) is 1. The zero-order valence-corrected chi connectivity index (χ0v) is 9.34. The molecule has 6 heteroatoms. The van der Waals surface area contributed by atoms with E-state index in [0.717, 1.165) is 5.69 Å². The minimum absolute atomic E-state index is 0.117. The number of ether oxygens (including phenoxy) is 1. The van der Waals surface area contributed by atoms with Gasteiger partial charge in [-0.1, -0.05) is 0 Å². The number of nitrogens with zero attached hydrogens (tertiary/aromatic N) is 1. The fourth-order valence-electron chi connectivity index (χ4n) is 1.05. The summed E-state index contributed by atoms with van der Waals surface area (Å²) >= 11 is 1.45. The second-order valence-electron chi connectivity index (χ2n) is 2.98. The van der Waals surface area contributed by atoms with E-state index in [-0.39, 0.29) is 5.78 Å². The van der Waals surface area contributed by atoms with Gasteiger partial charge < -0.3 is 10.1 Å². The standard InChI is InChI=1S/C9H12N2O3S/c1-6(12)8(11-9(13)14-2)3-7-4-15-5-10-7/h4-5,8H,3H2,1-2H3,(H,11,13)/t8-/m0/s1. The Morgan fingerprint density at radius 2 is 2.40 bits per heavy atom. The molecule has 82 valence electrons. The zero-order chi connectivity index (χ0) is 11.3. The molecule has 0 aromatic carbocycles.